The molecule has 25 heavy (non-hydrogen) atoms. The molecule has 0 bridgehead atoms. The average molecular weight is 330 g/mol. The van der Waals surface area contributed by atoms with Crippen molar-refractivity contribution in [1.29, 1.82) is 0 Å². The van der Waals surface area contributed by atoms with E-state index in [1.807, 2.05) is 36.4 Å². The van der Waals surface area contributed by atoms with Gasteiger partial charge in [-0.05, 0) is 36.3 Å². The molecule has 4 rings (SSSR count). The fraction of sp³-hybridized carbons (Fsp3) is 0.250. The van der Waals surface area contributed by atoms with E-state index >= 15 is 0 Å². The van der Waals surface area contributed by atoms with Gasteiger partial charge in [-0.15, -0.1) is 0 Å². The van der Waals surface area contributed by atoms with Crippen molar-refractivity contribution in [1.82, 2.24) is 14.5 Å². The summed E-state index contributed by atoms with van der Waals surface area (Å²) >= 11 is 0. The number of rotatable bonds is 0. The summed E-state index contributed by atoms with van der Waals surface area (Å²) in [7, 11) is 0. The molecule has 0 saturated carbocycles. The van der Waals surface area contributed by atoms with Crippen LogP contribution in [0.2, 0.25) is 0 Å². The first-order valence-corrected chi connectivity index (χ1v) is 8.23. The van der Waals surface area contributed by atoms with Gasteiger partial charge in [-0.25, -0.2) is 9.97 Å². The van der Waals surface area contributed by atoms with Crippen LogP contribution >= 0.6 is 0 Å². The van der Waals surface area contributed by atoms with Crippen LogP contribution < -0.4 is 10.9 Å². The molecule has 0 fully saturated rings. The first-order valence-electron chi connectivity index (χ1n) is 8.23. The number of benzene rings is 1. The minimum Gasteiger partial charge on any atom is -0.355 e. The van der Waals surface area contributed by atoms with Crippen LogP contribution in [0.4, 0.5) is 5.95 Å². The van der Waals surface area contributed by atoms with E-state index in [1.54, 1.807) is 10.8 Å². The van der Waals surface area contributed by atoms with Gasteiger partial charge in [0.25, 0.3) is 5.56 Å². The van der Waals surface area contributed by atoms with Crippen LogP contribution in [0.15, 0.2) is 47.4 Å². The fourth-order valence-corrected chi connectivity index (χ4v) is 2.96. The summed E-state index contributed by atoms with van der Waals surface area (Å²) in [5.41, 5.74) is 2.21. The number of hydrogen-bond acceptors (Lipinski definition) is 4. The Morgan fingerprint density at radius 1 is 1.20 bits per heavy atom. The summed E-state index contributed by atoms with van der Waals surface area (Å²) in [6, 6.07) is 11.1. The fourth-order valence-electron chi connectivity index (χ4n) is 2.96. The lowest BCUT2D eigenvalue weighted by Gasteiger charge is -2.32. The van der Waals surface area contributed by atoms with Crippen LogP contribution in [0.3, 0.4) is 0 Å². The van der Waals surface area contributed by atoms with Crippen molar-refractivity contribution < 1.29 is 0 Å². The number of nitrogens with zero attached hydrogens (tertiary/aromatic N) is 3. The highest BCUT2D eigenvalue weighted by Gasteiger charge is 2.27. The summed E-state index contributed by atoms with van der Waals surface area (Å²) in [6.45, 7) is 5.73. The Morgan fingerprint density at radius 2 is 2.08 bits per heavy atom. The normalized spacial score (nSPS) is 15.0. The Kier molecular flexibility index (Phi) is 3.54. The standard InChI is InChI=1S/C20H18N4O/c1-20(2)12-22-19-23-17-11-14(6-8-15-5-3-4-10-21-15)7-9-16(17)18(25)24(19)13-20/h3-5,7,9-11H,12-13H2,1-2H3,(H,22,23). The van der Waals surface area contributed by atoms with Crippen LogP contribution in [-0.4, -0.2) is 21.1 Å². The van der Waals surface area contributed by atoms with Gasteiger partial charge in [-0.1, -0.05) is 25.8 Å². The van der Waals surface area contributed by atoms with Gasteiger partial charge < -0.3 is 5.32 Å². The smallest absolute Gasteiger partial charge is 0.262 e. The zero-order valence-electron chi connectivity index (χ0n) is 14.2. The Bertz CT molecular complexity index is 1070. The van der Waals surface area contributed by atoms with Gasteiger partial charge in [0.05, 0.1) is 10.9 Å². The third-order valence-electron chi connectivity index (χ3n) is 4.27. The average Bonchev–Trinajstić information content (AvgIpc) is 2.61. The van der Waals surface area contributed by atoms with Crippen LogP contribution in [0.5, 0.6) is 0 Å². The second-order valence-corrected chi connectivity index (χ2v) is 7.04. The molecule has 1 N–H and O–H groups in total. The van der Waals surface area contributed by atoms with Gasteiger partial charge >= 0.3 is 0 Å². The summed E-state index contributed by atoms with van der Waals surface area (Å²) in [6.07, 6.45) is 1.71. The number of hydrogen-bond donors (Lipinski definition) is 1. The first kappa shape index (κ1) is 15.4. The van der Waals surface area contributed by atoms with Crippen LogP contribution in [0.1, 0.15) is 25.1 Å². The Hall–Kier alpha value is -3.13. The van der Waals surface area contributed by atoms with E-state index in [1.165, 1.54) is 0 Å². The Labute approximate surface area is 145 Å². The predicted molar refractivity (Wildman–Crippen MR) is 98.5 cm³/mol. The van der Waals surface area contributed by atoms with E-state index < -0.39 is 0 Å². The van der Waals surface area contributed by atoms with Crippen molar-refractivity contribution in [2.45, 2.75) is 20.4 Å². The molecule has 5 heteroatoms. The lowest BCUT2D eigenvalue weighted by Crippen LogP contribution is -2.40. The van der Waals surface area contributed by atoms with Crippen molar-refractivity contribution in [3.05, 3.63) is 64.2 Å². The number of anilines is 1. The maximum Gasteiger partial charge on any atom is 0.262 e. The highest BCUT2D eigenvalue weighted by molar-refractivity contribution is 5.80. The number of aromatic nitrogens is 3. The van der Waals surface area contributed by atoms with Gasteiger partial charge in [0.2, 0.25) is 5.95 Å². The second-order valence-electron chi connectivity index (χ2n) is 7.04. The van der Waals surface area contributed by atoms with Gasteiger partial charge in [-0.3, -0.25) is 9.36 Å². The zero-order chi connectivity index (χ0) is 17.4. The van der Waals surface area contributed by atoms with E-state index in [-0.39, 0.29) is 11.0 Å². The van der Waals surface area contributed by atoms with E-state index in [0.29, 0.717) is 29.1 Å². The third-order valence-corrected chi connectivity index (χ3v) is 4.27. The monoisotopic (exact) mass is 330 g/mol. The molecule has 0 spiro atoms. The lowest BCUT2D eigenvalue weighted by atomic mass is 9.92. The number of fused-ring (bicyclic) bond motifs is 2. The predicted octanol–water partition coefficient (Wildman–Crippen LogP) is 2.64. The van der Waals surface area contributed by atoms with Crippen LogP contribution in [0, 0.1) is 17.3 Å². The molecule has 3 aromatic rings. The minimum absolute atomic E-state index is 0.00971. The third kappa shape index (κ3) is 2.99. The van der Waals surface area contributed by atoms with Crippen LogP contribution in [0.25, 0.3) is 10.9 Å². The Balaban J connectivity index is 1.78. The topological polar surface area (TPSA) is 59.8 Å². The summed E-state index contributed by atoms with van der Waals surface area (Å²) in [5.74, 6) is 6.74. The molecule has 0 saturated heterocycles. The quantitative estimate of drug-likeness (QED) is 0.644. The van der Waals surface area contributed by atoms with E-state index in [4.69, 9.17) is 0 Å². The summed E-state index contributed by atoms with van der Waals surface area (Å²) < 4.78 is 1.73. The van der Waals surface area contributed by atoms with Crippen molar-refractivity contribution >= 4 is 16.9 Å². The van der Waals surface area contributed by atoms with E-state index in [2.05, 4.69) is 41.0 Å². The molecule has 3 heterocycles. The molecule has 1 aliphatic rings. The molecular weight excluding hydrogens is 312 g/mol. The largest absolute Gasteiger partial charge is 0.355 e. The summed E-state index contributed by atoms with van der Waals surface area (Å²) in [5, 5.41) is 3.89. The van der Waals surface area contributed by atoms with Crippen molar-refractivity contribution in [3.63, 3.8) is 0 Å². The maximum absolute atomic E-state index is 12.8. The highest BCUT2D eigenvalue weighted by Crippen LogP contribution is 2.25. The summed E-state index contributed by atoms with van der Waals surface area (Å²) in [4.78, 5) is 21.6. The van der Waals surface area contributed by atoms with Crippen LogP contribution in [-0.2, 0) is 6.54 Å². The Morgan fingerprint density at radius 3 is 2.88 bits per heavy atom. The molecule has 0 unspecified atom stereocenters. The minimum atomic E-state index is -0.00971. The molecule has 1 aromatic carbocycles. The number of pyridine rings is 1. The van der Waals surface area contributed by atoms with Gasteiger partial charge in [0, 0.05) is 30.3 Å². The molecule has 5 nitrogen and oxygen atoms in total. The molecule has 0 amide bonds. The second kappa shape index (κ2) is 5.75. The van der Waals surface area contributed by atoms with E-state index in [0.717, 1.165) is 12.1 Å². The first-order chi connectivity index (χ1) is 12.0. The molecule has 0 atom stereocenters. The molecule has 124 valence electrons. The van der Waals surface area contributed by atoms with Gasteiger partial charge in [0.15, 0.2) is 0 Å². The van der Waals surface area contributed by atoms with E-state index in [9.17, 15) is 4.79 Å². The SMILES string of the molecule is CC1(C)CNc2nc3cc(C#Cc4ccccn4)ccc3c(=O)n2C1. The zero-order valence-corrected chi connectivity index (χ0v) is 14.2. The van der Waals surface area contributed by atoms with Gasteiger partial charge in [-0.2, -0.15) is 0 Å². The molecule has 2 aromatic heterocycles. The van der Waals surface area contributed by atoms with Crippen molar-refractivity contribution in [2.75, 3.05) is 11.9 Å². The highest BCUT2D eigenvalue weighted by atomic mass is 16.1. The molecule has 0 radical (unpaired) electrons. The van der Waals surface area contributed by atoms with Gasteiger partial charge in [0.1, 0.15) is 5.69 Å². The molecular formula is C20H18N4O. The van der Waals surface area contributed by atoms with Crippen molar-refractivity contribution in [2.24, 2.45) is 5.41 Å². The molecule has 1 aliphatic heterocycles. The number of nitrogens with one attached hydrogen (secondary N) is 1. The van der Waals surface area contributed by atoms with Crippen molar-refractivity contribution in [3.8, 4) is 11.8 Å². The lowest BCUT2D eigenvalue weighted by molar-refractivity contribution is 0.303. The maximum atomic E-state index is 12.8. The molecule has 0 aliphatic carbocycles.